The van der Waals surface area contributed by atoms with Gasteiger partial charge in [-0.3, -0.25) is 0 Å². The first-order chi connectivity index (χ1) is 8.87. The molecule has 0 aromatic rings. The van der Waals surface area contributed by atoms with Crippen LogP contribution < -0.4 is 5.32 Å². The van der Waals surface area contributed by atoms with Gasteiger partial charge in [0.2, 0.25) is 0 Å². The number of urea groups is 1. The average Bonchev–Trinajstić information content (AvgIpc) is 3.15. The van der Waals surface area contributed by atoms with E-state index in [1.54, 1.807) is 11.9 Å². The number of likely N-dealkylation sites (N-methyl/N-ethyl adjacent to an activating group) is 1. The summed E-state index contributed by atoms with van der Waals surface area (Å²) in [6.07, 6.45) is 6.35. The zero-order valence-electron chi connectivity index (χ0n) is 12.5. The highest BCUT2D eigenvalue weighted by Gasteiger charge is 2.32. The van der Waals surface area contributed by atoms with Crippen molar-refractivity contribution in [1.29, 1.82) is 0 Å². The fourth-order valence-corrected chi connectivity index (χ4v) is 2.82. The lowest BCUT2D eigenvalue weighted by Crippen LogP contribution is -2.47. The summed E-state index contributed by atoms with van der Waals surface area (Å²) in [7, 11) is 1.77. The van der Waals surface area contributed by atoms with Crippen molar-refractivity contribution in [1.82, 2.24) is 10.2 Å². The highest BCUT2D eigenvalue weighted by atomic mass is 16.3. The Balaban J connectivity index is 1.71. The van der Waals surface area contributed by atoms with E-state index in [1.807, 2.05) is 0 Å². The molecule has 4 heteroatoms. The number of rotatable bonds is 4. The molecule has 0 radical (unpaired) electrons. The first kappa shape index (κ1) is 14.6. The van der Waals surface area contributed by atoms with Crippen LogP contribution in [0.3, 0.4) is 0 Å². The molecule has 0 aromatic carbocycles. The van der Waals surface area contributed by atoms with Crippen molar-refractivity contribution in [2.75, 3.05) is 13.6 Å². The summed E-state index contributed by atoms with van der Waals surface area (Å²) in [4.78, 5) is 13.7. The Kier molecular flexibility index (Phi) is 4.39. The largest absolute Gasteiger partial charge is 0.391 e. The van der Waals surface area contributed by atoms with E-state index < -0.39 is 0 Å². The third kappa shape index (κ3) is 4.37. The number of carbonyl (C=O) groups is 1. The third-order valence-corrected chi connectivity index (χ3v) is 4.64. The van der Waals surface area contributed by atoms with Gasteiger partial charge in [0, 0.05) is 19.6 Å². The van der Waals surface area contributed by atoms with Crippen LogP contribution in [0.15, 0.2) is 0 Å². The van der Waals surface area contributed by atoms with Gasteiger partial charge in [-0.1, -0.05) is 13.8 Å². The predicted octanol–water partition coefficient (Wildman–Crippen LogP) is 2.37. The smallest absolute Gasteiger partial charge is 0.317 e. The minimum atomic E-state index is -0.346. The number of aliphatic hydroxyl groups excluding tert-OH is 1. The second-order valence-electron chi connectivity index (χ2n) is 7.17. The Bertz CT molecular complexity index is 316. The summed E-state index contributed by atoms with van der Waals surface area (Å²) in [5, 5.41) is 13.0. The van der Waals surface area contributed by atoms with Gasteiger partial charge in [-0.25, -0.2) is 4.79 Å². The van der Waals surface area contributed by atoms with Crippen LogP contribution >= 0.6 is 0 Å². The van der Waals surface area contributed by atoms with Crippen LogP contribution in [-0.2, 0) is 0 Å². The minimum Gasteiger partial charge on any atom is -0.391 e. The minimum absolute atomic E-state index is 0.0376. The van der Waals surface area contributed by atoms with Crippen molar-refractivity contribution in [3.05, 3.63) is 0 Å². The van der Waals surface area contributed by atoms with E-state index in [1.165, 1.54) is 12.8 Å². The average molecular weight is 268 g/mol. The third-order valence-electron chi connectivity index (χ3n) is 4.64. The van der Waals surface area contributed by atoms with E-state index >= 15 is 0 Å². The molecule has 1 atom stereocenters. The standard InChI is InChI=1S/C15H28N2O2/c1-15(2)8-6-12(7-9-15)16-14(19)17(3)10-13(18)11-4-5-11/h11-13,18H,4-10H2,1-3H3,(H,16,19). The quantitative estimate of drug-likeness (QED) is 0.822. The Morgan fingerprint density at radius 3 is 2.42 bits per heavy atom. The molecule has 2 fully saturated rings. The number of hydrogen-bond donors (Lipinski definition) is 2. The maximum atomic E-state index is 12.1. The van der Waals surface area contributed by atoms with E-state index in [2.05, 4.69) is 19.2 Å². The maximum Gasteiger partial charge on any atom is 0.317 e. The second-order valence-corrected chi connectivity index (χ2v) is 7.17. The molecule has 110 valence electrons. The number of aliphatic hydroxyl groups is 1. The molecule has 0 aromatic heterocycles. The van der Waals surface area contributed by atoms with Gasteiger partial charge in [-0.2, -0.15) is 0 Å². The van der Waals surface area contributed by atoms with Gasteiger partial charge >= 0.3 is 6.03 Å². The van der Waals surface area contributed by atoms with Crippen molar-refractivity contribution in [3.63, 3.8) is 0 Å². The molecule has 19 heavy (non-hydrogen) atoms. The van der Waals surface area contributed by atoms with Gasteiger partial charge in [-0.15, -0.1) is 0 Å². The van der Waals surface area contributed by atoms with E-state index in [0.29, 0.717) is 23.9 Å². The van der Waals surface area contributed by atoms with Crippen molar-refractivity contribution in [2.45, 2.75) is 64.5 Å². The van der Waals surface area contributed by atoms with E-state index in [4.69, 9.17) is 0 Å². The van der Waals surface area contributed by atoms with Crippen LogP contribution in [0.25, 0.3) is 0 Å². The molecule has 0 saturated heterocycles. The summed E-state index contributed by atoms with van der Waals surface area (Å²) in [6.45, 7) is 5.04. The molecule has 2 aliphatic rings. The molecular formula is C15H28N2O2. The van der Waals surface area contributed by atoms with Crippen LogP contribution in [0.1, 0.15) is 52.4 Å². The number of nitrogens with one attached hydrogen (secondary N) is 1. The number of hydrogen-bond acceptors (Lipinski definition) is 2. The highest BCUT2D eigenvalue weighted by molar-refractivity contribution is 5.74. The molecule has 2 saturated carbocycles. The molecule has 2 aliphatic carbocycles. The van der Waals surface area contributed by atoms with E-state index in [-0.39, 0.29) is 12.1 Å². The molecule has 1 unspecified atom stereocenters. The first-order valence-corrected chi connectivity index (χ1v) is 7.57. The molecular weight excluding hydrogens is 240 g/mol. The molecule has 0 bridgehead atoms. The maximum absolute atomic E-state index is 12.1. The van der Waals surface area contributed by atoms with Crippen LogP contribution in [0.4, 0.5) is 4.79 Å². The zero-order chi connectivity index (χ0) is 14.0. The summed E-state index contributed by atoms with van der Waals surface area (Å²) in [6, 6.07) is 0.269. The molecule has 4 nitrogen and oxygen atoms in total. The number of amides is 2. The van der Waals surface area contributed by atoms with Crippen LogP contribution in [0, 0.1) is 11.3 Å². The zero-order valence-corrected chi connectivity index (χ0v) is 12.5. The Labute approximate surface area is 116 Å². The van der Waals surface area contributed by atoms with E-state index in [9.17, 15) is 9.90 Å². The lowest BCUT2D eigenvalue weighted by molar-refractivity contribution is 0.110. The lowest BCUT2D eigenvalue weighted by atomic mass is 9.76. The molecule has 0 aliphatic heterocycles. The summed E-state index contributed by atoms with van der Waals surface area (Å²) in [5.74, 6) is 0.422. The van der Waals surface area contributed by atoms with Crippen molar-refractivity contribution < 1.29 is 9.90 Å². The predicted molar refractivity (Wildman–Crippen MR) is 75.9 cm³/mol. The van der Waals surface area contributed by atoms with Crippen molar-refractivity contribution in [3.8, 4) is 0 Å². The SMILES string of the molecule is CN(CC(O)C1CC1)C(=O)NC1CCC(C)(C)CC1. The molecule has 2 amide bonds. The lowest BCUT2D eigenvalue weighted by Gasteiger charge is -2.35. The van der Waals surface area contributed by atoms with Crippen LogP contribution in [0.2, 0.25) is 0 Å². The van der Waals surface area contributed by atoms with Gasteiger partial charge in [0.05, 0.1) is 6.10 Å². The Morgan fingerprint density at radius 2 is 1.89 bits per heavy atom. The molecule has 0 heterocycles. The van der Waals surface area contributed by atoms with Gasteiger partial charge in [0.15, 0.2) is 0 Å². The fraction of sp³-hybridized carbons (Fsp3) is 0.933. The number of nitrogens with zero attached hydrogens (tertiary/aromatic N) is 1. The highest BCUT2D eigenvalue weighted by Crippen LogP contribution is 2.35. The van der Waals surface area contributed by atoms with Gasteiger partial charge < -0.3 is 15.3 Å². The second kappa shape index (κ2) is 5.70. The summed E-state index contributed by atoms with van der Waals surface area (Å²) >= 11 is 0. The number of carbonyl (C=O) groups excluding carboxylic acids is 1. The van der Waals surface area contributed by atoms with Crippen LogP contribution in [0.5, 0.6) is 0 Å². The normalized spacial score (nSPS) is 24.8. The van der Waals surface area contributed by atoms with Gasteiger partial charge in [0.25, 0.3) is 0 Å². The Morgan fingerprint density at radius 1 is 1.32 bits per heavy atom. The molecule has 2 rings (SSSR count). The fourth-order valence-electron chi connectivity index (χ4n) is 2.82. The Hall–Kier alpha value is -0.770. The van der Waals surface area contributed by atoms with Crippen molar-refractivity contribution >= 4 is 6.03 Å². The monoisotopic (exact) mass is 268 g/mol. The molecule has 0 spiro atoms. The van der Waals surface area contributed by atoms with Gasteiger partial charge in [0.1, 0.15) is 0 Å². The van der Waals surface area contributed by atoms with Crippen molar-refractivity contribution in [2.24, 2.45) is 11.3 Å². The van der Waals surface area contributed by atoms with E-state index in [0.717, 1.165) is 25.7 Å². The van der Waals surface area contributed by atoms with Gasteiger partial charge in [-0.05, 0) is 49.9 Å². The summed E-state index contributed by atoms with van der Waals surface area (Å²) < 4.78 is 0. The topological polar surface area (TPSA) is 52.6 Å². The first-order valence-electron chi connectivity index (χ1n) is 7.57. The summed E-state index contributed by atoms with van der Waals surface area (Å²) in [5.41, 5.74) is 0.426. The van der Waals surface area contributed by atoms with Crippen LogP contribution in [-0.4, -0.2) is 41.8 Å². The molecule has 2 N–H and O–H groups in total.